The minimum atomic E-state index is -0.169. The molecule has 0 atom stereocenters. The molecule has 0 aromatic carbocycles. The Balaban J connectivity index is 0. The summed E-state index contributed by atoms with van der Waals surface area (Å²) in [4.78, 5) is 11.9. The van der Waals surface area contributed by atoms with Crippen LogP contribution in [-0.2, 0) is 14.3 Å². The molecule has 0 rings (SSSR count). The number of carbonyl (C=O) groups is 1. The van der Waals surface area contributed by atoms with Crippen LogP contribution in [0.1, 0.15) is 110 Å². The van der Waals surface area contributed by atoms with E-state index in [0.717, 1.165) is 24.8 Å². The van der Waals surface area contributed by atoms with E-state index in [0.29, 0.717) is 6.61 Å². The highest BCUT2D eigenvalue weighted by molar-refractivity contribution is 5.89. The van der Waals surface area contributed by atoms with Gasteiger partial charge in [0, 0.05) is 19.3 Å². The lowest BCUT2D eigenvalue weighted by Gasteiger charge is -2.10. The SMILES string of the molecule is CCCCCCCCCCCCCCC(C)=C(CCCOC)C(=O)OC.N. The van der Waals surface area contributed by atoms with Gasteiger partial charge in [0.2, 0.25) is 0 Å². The number of ether oxygens (including phenoxy) is 2. The Hall–Kier alpha value is -0.870. The van der Waals surface area contributed by atoms with Gasteiger partial charge in [0.15, 0.2) is 0 Å². The number of esters is 1. The molecule has 0 aromatic heterocycles. The van der Waals surface area contributed by atoms with Crippen molar-refractivity contribution in [3.05, 3.63) is 11.1 Å². The van der Waals surface area contributed by atoms with Crippen molar-refractivity contribution in [1.29, 1.82) is 0 Å². The van der Waals surface area contributed by atoms with Gasteiger partial charge < -0.3 is 15.6 Å². The Bertz CT molecular complexity index is 367. The molecule has 0 aliphatic heterocycles. The van der Waals surface area contributed by atoms with Crippen molar-refractivity contribution in [2.24, 2.45) is 0 Å². The Morgan fingerprint density at radius 1 is 0.704 bits per heavy atom. The fraction of sp³-hybridized carbons (Fsp3) is 0.870. The van der Waals surface area contributed by atoms with Gasteiger partial charge in [-0.2, -0.15) is 0 Å². The number of rotatable bonds is 18. The highest BCUT2D eigenvalue weighted by Gasteiger charge is 2.12. The number of unbranched alkanes of at least 4 members (excludes halogenated alkanes) is 11. The van der Waals surface area contributed by atoms with Gasteiger partial charge in [-0.1, -0.05) is 83.1 Å². The first kappa shape index (κ1) is 28.3. The number of hydrogen-bond donors (Lipinski definition) is 1. The summed E-state index contributed by atoms with van der Waals surface area (Å²) in [6.45, 7) is 5.04. The molecule has 0 spiro atoms. The molecule has 0 amide bonds. The van der Waals surface area contributed by atoms with E-state index in [-0.39, 0.29) is 12.1 Å². The number of carbonyl (C=O) groups excluding carboxylic acids is 1. The average Bonchev–Trinajstić information content (AvgIpc) is 2.65. The lowest BCUT2D eigenvalue weighted by atomic mass is 9.98. The molecule has 0 fully saturated rings. The van der Waals surface area contributed by atoms with E-state index < -0.39 is 0 Å². The summed E-state index contributed by atoms with van der Waals surface area (Å²) in [7, 11) is 3.16. The molecule has 0 radical (unpaired) electrons. The minimum absolute atomic E-state index is 0. The quantitative estimate of drug-likeness (QED) is 0.154. The predicted octanol–water partition coefficient (Wildman–Crippen LogP) is 7.16. The molecule has 0 aliphatic rings. The monoisotopic (exact) mass is 385 g/mol. The standard InChI is InChI=1S/C23H44O3.H3N/c1-5-6-7-8-9-10-11-12-13-14-15-16-18-21(2)22(23(24)26-4)19-17-20-25-3;/h5-20H2,1-4H3;1H3. The number of methoxy groups -OCH3 is 2. The first-order valence-corrected chi connectivity index (χ1v) is 10.9. The van der Waals surface area contributed by atoms with Crippen LogP contribution in [0.25, 0.3) is 0 Å². The van der Waals surface area contributed by atoms with Crippen LogP contribution < -0.4 is 6.15 Å². The highest BCUT2D eigenvalue weighted by atomic mass is 16.5. The maximum Gasteiger partial charge on any atom is 0.333 e. The second-order valence-corrected chi connectivity index (χ2v) is 7.49. The van der Waals surface area contributed by atoms with Crippen molar-refractivity contribution < 1.29 is 14.3 Å². The van der Waals surface area contributed by atoms with Crippen LogP contribution >= 0.6 is 0 Å². The van der Waals surface area contributed by atoms with Gasteiger partial charge in [0.1, 0.15) is 0 Å². The fourth-order valence-electron chi connectivity index (χ4n) is 3.39. The predicted molar refractivity (Wildman–Crippen MR) is 117 cm³/mol. The summed E-state index contributed by atoms with van der Waals surface area (Å²) < 4.78 is 10.0. The summed E-state index contributed by atoms with van der Waals surface area (Å²) in [5.41, 5.74) is 2.05. The van der Waals surface area contributed by atoms with Gasteiger partial charge in [-0.15, -0.1) is 0 Å². The molecule has 0 bridgehead atoms. The third kappa shape index (κ3) is 17.0. The van der Waals surface area contributed by atoms with Gasteiger partial charge in [0.05, 0.1) is 7.11 Å². The van der Waals surface area contributed by atoms with E-state index in [1.807, 2.05) is 0 Å². The molecule has 0 saturated heterocycles. The van der Waals surface area contributed by atoms with Gasteiger partial charge in [-0.25, -0.2) is 4.79 Å². The van der Waals surface area contributed by atoms with Crippen molar-refractivity contribution in [3.8, 4) is 0 Å². The van der Waals surface area contributed by atoms with Gasteiger partial charge in [-0.05, 0) is 32.6 Å². The Morgan fingerprint density at radius 3 is 1.63 bits per heavy atom. The third-order valence-corrected chi connectivity index (χ3v) is 5.13. The molecule has 0 saturated carbocycles. The van der Waals surface area contributed by atoms with Crippen LogP contribution in [0.5, 0.6) is 0 Å². The van der Waals surface area contributed by atoms with Crippen LogP contribution in [0.4, 0.5) is 0 Å². The largest absolute Gasteiger partial charge is 0.466 e. The maximum absolute atomic E-state index is 11.9. The summed E-state index contributed by atoms with van der Waals surface area (Å²) in [5, 5.41) is 0. The van der Waals surface area contributed by atoms with Gasteiger partial charge in [-0.3, -0.25) is 0 Å². The first-order valence-electron chi connectivity index (χ1n) is 10.9. The lowest BCUT2D eigenvalue weighted by Crippen LogP contribution is -2.08. The second kappa shape index (κ2) is 21.4. The zero-order valence-electron chi connectivity index (χ0n) is 18.7. The van der Waals surface area contributed by atoms with Gasteiger partial charge in [0.25, 0.3) is 0 Å². The highest BCUT2D eigenvalue weighted by Crippen LogP contribution is 2.19. The van der Waals surface area contributed by atoms with Crippen LogP contribution in [0.3, 0.4) is 0 Å². The van der Waals surface area contributed by atoms with Crippen molar-refractivity contribution in [2.45, 2.75) is 110 Å². The maximum atomic E-state index is 11.9. The molecular weight excluding hydrogens is 338 g/mol. The van der Waals surface area contributed by atoms with E-state index >= 15 is 0 Å². The van der Waals surface area contributed by atoms with E-state index in [1.54, 1.807) is 7.11 Å². The zero-order chi connectivity index (χ0) is 19.5. The van der Waals surface area contributed by atoms with Crippen molar-refractivity contribution in [1.82, 2.24) is 6.15 Å². The number of allylic oxidation sites excluding steroid dienone is 1. The molecule has 4 nitrogen and oxygen atoms in total. The van der Waals surface area contributed by atoms with E-state index in [9.17, 15) is 4.79 Å². The minimum Gasteiger partial charge on any atom is -0.466 e. The fourth-order valence-corrected chi connectivity index (χ4v) is 3.39. The van der Waals surface area contributed by atoms with Crippen LogP contribution in [0, 0.1) is 0 Å². The zero-order valence-corrected chi connectivity index (χ0v) is 18.7. The van der Waals surface area contributed by atoms with E-state index in [2.05, 4.69) is 13.8 Å². The van der Waals surface area contributed by atoms with E-state index in [4.69, 9.17) is 9.47 Å². The molecule has 3 N–H and O–H groups in total. The molecule has 0 heterocycles. The first-order chi connectivity index (χ1) is 12.7. The Morgan fingerprint density at radius 2 is 1.19 bits per heavy atom. The molecule has 4 heteroatoms. The van der Waals surface area contributed by atoms with Crippen molar-refractivity contribution in [2.75, 3.05) is 20.8 Å². The topological polar surface area (TPSA) is 70.5 Å². The summed E-state index contributed by atoms with van der Waals surface area (Å²) in [6, 6.07) is 0. The van der Waals surface area contributed by atoms with Crippen molar-refractivity contribution in [3.63, 3.8) is 0 Å². The summed E-state index contributed by atoms with van der Waals surface area (Å²) >= 11 is 0. The third-order valence-electron chi connectivity index (χ3n) is 5.13. The summed E-state index contributed by atoms with van der Waals surface area (Å²) in [5.74, 6) is -0.169. The molecular formula is C23H47NO3. The summed E-state index contributed by atoms with van der Waals surface area (Å²) in [6.07, 6.45) is 18.9. The Kier molecular flexibility index (Phi) is 22.5. The number of hydrogen-bond acceptors (Lipinski definition) is 4. The smallest absolute Gasteiger partial charge is 0.333 e. The molecule has 0 aliphatic carbocycles. The van der Waals surface area contributed by atoms with Crippen LogP contribution in [-0.4, -0.2) is 26.8 Å². The second-order valence-electron chi connectivity index (χ2n) is 7.49. The van der Waals surface area contributed by atoms with E-state index in [1.165, 1.54) is 89.7 Å². The molecule has 162 valence electrons. The van der Waals surface area contributed by atoms with Gasteiger partial charge >= 0.3 is 5.97 Å². The molecule has 27 heavy (non-hydrogen) atoms. The molecule has 0 unspecified atom stereocenters. The van der Waals surface area contributed by atoms with Crippen molar-refractivity contribution >= 4 is 5.97 Å². The Labute approximate surface area is 169 Å². The lowest BCUT2D eigenvalue weighted by molar-refractivity contribution is -0.136. The van der Waals surface area contributed by atoms with Crippen LogP contribution in [0.2, 0.25) is 0 Å². The average molecular weight is 386 g/mol. The molecule has 0 aromatic rings. The normalized spacial score (nSPS) is 11.7. The van der Waals surface area contributed by atoms with Crippen LogP contribution in [0.15, 0.2) is 11.1 Å².